The number of anilines is 3. The topological polar surface area (TPSA) is 79.4 Å². The van der Waals surface area contributed by atoms with Gasteiger partial charge in [-0.3, -0.25) is 0 Å². The molecule has 0 atom stereocenters. The first-order valence-corrected chi connectivity index (χ1v) is 10.0. The van der Waals surface area contributed by atoms with E-state index < -0.39 is 0 Å². The van der Waals surface area contributed by atoms with Crippen molar-refractivity contribution in [3.05, 3.63) is 65.9 Å². The quantitative estimate of drug-likeness (QED) is 0.681. The molecule has 4 rings (SSSR count). The fourth-order valence-corrected chi connectivity index (χ4v) is 3.34. The molecule has 0 radical (unpaired) electrons. The van der Waals surface area contributed by atoms with Crippen LogP contribution in [0.25, 0.3) is 11.4 Å². The normalized spacial score (nSPS) is 13.7. The molecule has 2 amide bonds. The van der Waals surface area contributed by atoms with Gasteiger partial charge in [0.25, 0.3) is 0 Å². The maximum atomic E-state index is 12.2. The molecule has 30 heavy (non-hydrogen) atoms. The molecule has 3 aromatic rings. The average molecular weight is 403 g/mol. The zero-order valence-corrected chi connectivity index (χ0v) is 17.2. The molecule has 1 fully saturated rings. The maximum Gasteiger partial charge on any atom is 0.323 e. The fourth-order valence-electron chi connectivity index (χ4n) is 3.34. The summed E-state index contributed by atoms with van der Waals surface area (Å²) in [6.07, 6.45) is 0. The van der Waals surface area contributed by atoms with Crippen molar-refractivity contribution in [1.29, 1.82) is 0 Å². The highest BCUT2D eigenvalue weighted by atomic mass is 16.5. The van der Waals surface area contributed by atoms with Crippen LogP contribution in [0.4, 0.5) is 22.0 Å². The van der Waals surface area contributed by atoms with Crippen molar-refractivity contribution in [3.63, 3.8) is 0 Å². The van der Waals surface area contributed by atoms with Crippen LogP contribution in [0.5, 0.6) is 0 Å². The maximum absolute atomic E-state index is 12.2. The number of carbonyl (C=O) groups is 1. The third-order valence-electron chi connectivity index (χ3n) is 5.11. The number of aryl methyl sites for hydroxylation is 1. The Hall–Kier alpha value is -3.45. The van der Waals surface area contributed by atoms with E-state index in [1.165, 1.54) is 0 Å². The van der Waals surface area contributed by atoms with Gasteiger partial charge in [-0.25, -0.2) is 14.8 Å². The third kappa shape index (κ3) is 4.58. The van der Waals surface area contributed by atoms with E-state index in [0.29, 0.717) is 24.7 Å². The largest absolute Gasteiger partial charge is 0.378 e. The fraction of sp³-hybridized carbons (Fsp3) is 0.261. The summed E-state index contributed by atoms with van der Waals surface area (Å²) in [5.41, 5.74) is 4.40. The van der Waals surface area contributed by atoms with Crippen molar-refractivity contribution >= 4 is 23.2 Å². The summed E-state index contributed by atoms with van der Waals surface area (Å²) < 4.78 is 5.46. The van der Waals surface area contributed by atoms with Crippen LogP contribution >= 0.6 is 0 Å². The van der Waals surface area contributed by atoms with Gasteiger partial charge in [-0.05, 0) is 50.2 Å². The number of carbonyl (C=O) groups excluding carboxylic acids is 1. The Labute approximate surface area is 176 Å². The van der Waals surface area contributed by atoms with Crippen LogP contribution in [-0.2, 0) is 4.74 Å². The van der Waals surface area contributed by atoms with Crippen LogP contribution < -0.4 is 15.5 Å². The smallest absolute Gasteiger partial charge is 0.323 e. The number of hydrogen-bond acceptors (Lipinski definition) is 5. The van der Waals surface area contributed by atoms with Crippen LogP contribution in [-0.4, -0.2) is 42.3 Å². The van der Waals surface area contributed by atoms with Crippen molar-refractivity contribution in [1.82, 2.24) is 9.97 Å². The van der Waals surface area contributed by atoms with Gasteiger partial charge in [-0.1, -0.05) is 18.2 Å². The third-order valence-corrected chi connectivity index (χ3v) is 5.11. The van der Waals surface area contributed by atoms with Gasteiger partial charge >= 0.3 is 6.03 Å². The molecule has 0 unspecified atom stereocenters. The number of urea groups is 1. The number of nitrogens with zero attached hydrogens (tertiary/aromatic N) is 3. The minimum atomic E-state index is -0.286. The van der Waals surface area contributed by atoms with Gasteiger partial charge in [-0.2, -0.15) is 0 Å². The van der Waals surface area contributed by atoms with E-state index in [2.05, 4.69) is 27.4 Å². The number of ether oxygens (including phenoxy) is 1. The van der Waals surface area contributed by atoms with Gasteiger partial charge < -0.3 is 20.3 Å². The van der Waals surface area contributed by atoms with E-state index in [0.717, 1.165) is 41.4 Å². The lowest BCUT2D eigenvalue weighted by molar-refractivity contribution is 0.122. The lowest BCUT2D eigenvalue weighted by atomic mass is 10.1. The Kier molecular flexibility index (Phi) is 5.90. The molecular weight excluding hydrogens is 378 g/mol. The molecule has 0 aliphatic carbocycles. The van der Waals surface area contributed by atoms with E-state index in [9.17, 15) is 4.79 Å². The zero-order chi connectivity index (χ0) is 20.9. The number of amides is 2. The molecule has 1 aromatic heterocycles. The van der Waals surface area contributed by atoms with Crippen molar-refractivity contribution in [2.45, 2.75) is 13.8 Å². The Morgan fingerprint density at radius 2 is 1.53 bits per heavy atom. The Morgan fingerprint density at radius 3 is 2.20 bits per heavy atom. The molecule has 0 bridgehead atoms. The molecule has 2 aromatic carbocycles. The Balaban J connectivity index is 1.49. The van der Waals surface area contributed by atoms with Crippen molar-refractivity contribution in [3.8, 4) is 11.4 Å². The molecular formula is C23H25N5O2. The molecule has 1 saturated heterocycles. The SMILES string of the molecule is Cc1nc(-c2ccc(NC(=O)Nc3ccccc3)cc2)nc(N2CCOCC2)c1C. The minimum Gasteiger partial charge on any atom is -0.378 e. The number of benzene rings is 2. The highest BCUT2D eigenvalue weighted by molar-refractivity contribution is 5.99. The second kappa shape index (κ2) is 8.92. The lowest BCUT2D eigenvalue weighted by Gasteiger charge is -2.29. The number of rotatable bonds is 4. The molecule has 0 saturated carbocycles. The van der Waals surface area contributed by atoms with E-state index in [1.54, 1.807) is 0 Å². The van der Waals surface area contributed by atoms with E-state index >= 15 is 0 Å². The number of aromatic nitrogens is 2. The summed E-state index contributed by atoms with van der Waals surface area (Å²) >= 11 is 0. The molecule has 2 N–H and O–H groups in total. The van der Waals surface area contributed by atoms with Gasteiger partial charge in [0.1, 0.15) is 5.82 Å². The van der Waals surface area contributed by atoms with Gasteiger partial charge in [0.2, 0.25) is 0 Å². The number of nitrogens with one attached hydrogen (secondary N) is 2. The molecule has 7 heteroatoms. The van der Waals surface area contributed by atoms with Crippen molar-refractivity contribution < 1.29 is 9.53 Å². The summed E-state index contributed by atoms with van der Waals surface area (Å²) in [4.78, 5) is 23.9. The summed E-state index contributed by atoms with van der Waals surface area (Å²) in [5, 5.41) is 5.64. The first-order chi connectivity index (χ1) is 14.6. The monoisotopic (exact) mass is 403 g/mol. The second-order valence-electron chi connectivity index (χ2n) is 7.20. The molecule has 1 aliphatic rings. The van der Waals surface area contributed by atoms with Crippen LogP contribution in [0.1, 0.15) is 11.3 Å². The molecule has 1 aliphatic heterocycles. The molecule has 7 nitrogen and oxygen atoms in total. The average Bonchev–Trinajstić information content (AvgIpc) is 2.77. The standard InChI is InChI=1S/C23H25N5O2/c1-16-17(2)24-21(27-22(16)28-12-14-30-15-13-28)18-8-10-20(11-9-18)26-23(29)25-19-6-4-3-5-7-19/h3-11H,12-15H2,1-2H3,(H2,25,26,29). The Bertz CT molecular complexity index is 1020. The molecule has 154 valence electrons. The second-order valence-corrected chi connectivity index (χ2v) is 7.20. The number of hydrogen-bond donors (Lipinski definition) is 2. The lowest BCUT2D eigenvalue weighted by Crippen LogP contribution is -2.37. The minimum absolute atomic E-state index is 0.286. The zero-order valence-electron chi connectivity index (χ0n) is 17.2. The van der Waals surface area contributed by atoms with Crippen molar-refractivity contribution in [2.75, 3.05) is 41.8 Å². The molecule has 2 heterocycles. The van der Waals surface area contributed by atoms with E-state index in [1.807, 2.05) is 61.5 Å². The predicted octanol–water partition coefficient (Wildman–Crippen LogP) is 4.24. The van der Waals surface area contributed by atoms with E-state index in [-0.39, 0.29) is 6.03 Å². The number of morpholine rings is 1. The van der Waals surface area contributed by atoms with Crippen LogP contribution in [0, 0.1) is 13.8 Å². The highest BCUT2D eigenvalue weighted by Gasteiger charge is 2.18. The number of para-hydroxylation sites is 1. The van der Waals surface area contributed by atoms with Crippen LogP contribution in [0.2, 0.25) is 0 Å². The van der Waals surface area contributed by atoms with Gasteiger partial charge in [0.05, 0.1) is 13.2 Å². The van der Waals surface area contributed by atoms with E-state index in [4.69, 9.17) is 9.72 Å². The first-order valence-electron chi connectivity index (χ1n) is 10.0. The summed E-state index contributed by atoms with van der Waals surface area (Å²) in [7, 11) is 0. The first kappa shape index (κ1) is 19.8. The Morgan fingerprint density at radius 1 is 0.900 bits per heavy atom. The van der Waals surface area contributed by atoms with Crippen molar-refractivity contribution in [2.24, 2.45) is 0 Å². The summed E-state index contributed by atoms with van der Waals surface area (Å²) in [6, 6.07) is 16.6. The summed E-state index contributed by atoms with van der Waals surface area (Å²) in [5.74, 6) is 1.64. The predicted molar refractivity (Wildman–Crippen MR) is 119 cm³/mol. The van der Waals surface area contributed by atoms with Crippen LogP contribution in [0.15, 0.2) is 54.6 Å². The van der Waals surface area contributed by atoms with Gasteiger partial charge in [-0.15, -0.1) is 0 Å². The van der Waals surface area contributed by atoms with Crippen LogP contribution in [0.3, 0.4) is 0 Å². The van der Waals surface area contributed by atoms with Gasteiger partial charge in [0, 0.05) is 41.3 Å². The highest BCUT2D eigenvalue weighted by Crippen LogP contribution is 2.26. The van der Waals surface area contributed by atoms with Gasteiger partial charge in [0.15, 0.2) is 5.82 Å². The molecule has 0 spiro atoms. The summed E-state index contributed by atoms with van der Waals surface area (Å²) in [6.45, 7) is 7.15.